The van der Waals surface area contributed by atoms with Gasteiger partial charge in [-0.3, -0.25) is 0 Å². The second kappa shape index (κ2) is 7.66. The summed E-state index contributed by atoms with van der Waals surface area (Å²) in [6.45, 7) is 3.86. The van der Waals surface area contributed by atoms with Crippen LogP contribution in [0, 0.1) is 6.92 Å². The molecule has 4 nitrogen and oxygen atoms in total. The van der Waals surface area contributed by atoms with Crippen LogP contribution in [0.15, 0.2) is 63.4 Å². The molecule has 0 saturated heterocycles. The lowest BCUT2D eigenvalue weighted by atomic mass is 10.1. The minimum Gasteiger partial charge on any atom is -0.200 e. The fourth-order valence-electron chi connectivity index (χ4n) is 2.02. The van der Waals surface area contributed by atoms with E-state index in [0.29, 0.717) is 12.1 Å². The van der Waals surface area contributed by atoms with Crippen LogP contribution >= 0.6 is 11.8 Å². The Morgan fingerprint density at radius 2 is 1.70 bits per heavy atom. The van der Waals surface area contributed by atoms with Crippen LogP contribution in [0.25, 0.3) is 0 Å². The summed E-state index contributed by atoms with van der Waals surface area (Å²) in [6.07, 6.45) is 2.65. The van der Waals surface area contributed by atoms with Gasteiger partial charge in [0.15, 0.2) is 0 Å². The van der Waals surface area contributed by atoms with E-state index in [0.717, 1.165) is 16.0 Å². The van der Waals surface area contributed by atoms with Gasteiger partial charge in [-0.05, 0) is 49.4 Å². The Bertz CT molecular complexity index is 780. The summed E-state index contributed by atoms with van der Waals surface area (Å²) in [4.78, 5) is 3.69. The Morgan fingerprint density at radius 1 is 1.09 bits per heavy atom. The molecule has 2 aromatic carbocycles. The van der Waals surface area contributed by atoms with Gasteiger partial charge in [0.1, 0.15) is 0 Å². The molecule has 0 radical (unpaired) electrons. The van der Waals surface area contributed by atoms with Gasteiger partial charge in [0.05, 0.1) is 10.6 Å². The van der Waals surface area contributed by atoms with Crippen molar-refractivity contribution in [1.82, 2.24) is 4.83 Å². The van der Waals surface area contributed by atoms with Crippen molar-refractivity contribution in [3.8, 4) is 0 Å². The van der Waals surface area contributed by atoms with Crippen molar-refractivity contribution in [2.45, 2.75) is 30.1 Å². The molecular weight excluding hydrogens is 328 g/mol. The fraction of sp³-hybridized carbons (Fsp3) is 0.235. The van der Waals surface area contributed by atoms with Crippen LogP contribution in [0.2, 0.25) is 0 Å². The zero-order valence-electron chi connectivity index (χ0n) is 13.4. The van der Waals surface area contributed by atoms with Crippen LogP contribution in [-0.4, -0.2) is 20.4 Å². The zero-order valence-corrected chi connectivity index (χ0v) is 15.0. The van der Waals surface area contributed by atoms with Gasteiger partial charge in [0.25, 0.3) is 10.0 Å². The van der Waals surface area contributed by atoms with E-state index in [9.17, 15) is 8.42 Å². The molecule has 0 heterocycles. The first-order valence-electron chi connectivity index (χ1n) is 7.25. The third-order valence-electron chi connectivity index (χ3n) is 3.39. The Balaban J connectivity index is 2.22. The van der Waals surface area contributed by atoms with Crippen LogP contribution in [0.4, 0.5) is 0 Å². The smallest absolute Gasteiger partial charge is 0.200 e. The van der Waals surface area contributed by atoms with Gasteiger partial charge in [0, 0.05) is 4.90 Å². The Kier molecular flexibility index (Phi) is 5.85. The normalized spacial score (nSPS) is 12.2. The van der Waals surface area contributed by atoms with E-state index in [-0.39, 0.29) is 4.90 Å². The summed E-state index contributed by atoms with van der Waals surface area (Å²) in [5.74, 6) is 0. The van der Waals surface area contributed by atoms with Crippen LogP contribution in [-0.2, 0) is 10.0 Å². The number of hydrogen-bond donors (Lipinski definition) is 1. The van der Waals surface area contributed by atoms with Crippen molar-refractivity contribution < 1.29 is 8.42 Å². The molecule has 0 fully saturated rings. The number of rotatable bonds is 6. The van der Waals surface area contributed by atoms with Crippen LogP contribution in [0.3, 0.4) is 0 Å². The lowest BCUT2D eigenvalue weighted by molar-refractivity contribution is 0.584. The molecule has 0 atom stereocenters. The fourth-order valence-corrected chi connectivity index (χ4v) is 3.25. The van der Waals surface area contributed by atoms with Crippen molar-refractivity contribution >= 4 is 27.5 Å². The molecule has 0 amide bonds. The van der Waals surface area contributed by atoms with Crippen molar-refractivity contribution in [3.63, 3.8) is 0 Å². The van der Waals surface area contributed by atoms with E-state index in [2.05, 4.69) is 9.93 Å². The number of benzene rings is 2. The molecule has 0 unspecified atom stereocenters. The van der Waals surface area contributed by atoms with Crippen molar-refractivity contribution in [1.29, 1.82) is 0 Å². The summed E-state index contributed by atoms with van der Waals surface area (Å²) in [7, 11) is -3.64. The molecule has 1 N–H and O–H groups in total. The summed E-state index contributed by atoms with van der Waals surface area (Å²) in [6, 6.07) is 14.6. The number of nitrogens with zero attached hydrogens (tertiary/aromatic N) is 1. The maximum atomic E-state index is 12.3. The standard InChI is InChI=1S/C17H20N2O2S2/c1-4-17(14-7-9-15(22-3)10-8-14)18-19-23(20,21)16-11-5-13(2)6-12-16/h5-12,19H,4H2,1-3H3. The summed E-state index contributed by atoms with van der Waals surface area (Å²) < 4.78 is 24.5. The Morgan fingerprint density at radius 3 is 2.22 bits per heavy atom. The predicted molar refractivity (Wildman–Crippen MR) is 96.6 cm³/mol. The highest BCUT2D eigenvalue weighted by molar-refractivity contribution is 7.98. The molecule has 0 aliphatic heterocycles. The number of sulfonamides is 1. The van der Waals surface area contributed by atoms with Gasteiger partial charge in [0.2, 0.25) is 0 Å². The van der Waals surface area contributed by atoms with Crippen LogP contribution in [0.5, 0.6) is 0 Å². The SMILES string of the molecule is CCC(=NNS(=O)(=O)c1ccc(C)cc1)c1ccc(SC)cc1. The first-order valence-corrected chi connectivity index (χ1v) is 9.96. The Labute approximate surface area is 142 Å². The minimum absolute atomic E-state index is 0.208. The van der Waals surface area contributed by atoms with Gasteiger partial charge >= 0.3 is 0 Å². The van der Waals surface area contributed by atoms with Gasteiger partial charge in [-0.25, -0.2) is 0 Å². The highest BCUT2D eigenvalue weighted by Gasteiger charge is 2.13. The van der Waals surface area contributed by atoms with E-state index < -0.39 is 10.0 Å². The maximum Gasteiger partial charge on any atom is 0.276 e. The van der Waals surface area contributed by atoms with Crippen molar-refractivity contribution in [3.05, 3.63) is 59.7 Å². The second-order valence-corrected chi connectivity index (χ2v) is 7.59. The first kappa shape index (κ1) is 17.6. The molecular formula is C17H20N2O2S2. The molecule has 0 saturated carbocycles. The molecule has 0 bridgehead atoms. The van der Waals surface area contributed by atoms with E-state index >= 15 is 0 Å². The molecule has 0 spiro atoms. The van der Waals surface area contributed by atoms with Crippen LogP contribution < -0.4 is 4.83 Å². The molecule has 0 aliphatic carbocycles. The third-order valence-corrected chi connectivity index (χ3v) is 5.36. The van der Waals surface area contributed by atoms with E-state index in [1.807, 2.05) is 44.4 Å². The van der Waals surface area contributed by atoms with E-state index in [4.69, 9.17) is 0 Å². The van der Waals surface area contributed by atoms with E-state index in [1.165, 1.54) is 0 Å². The van der Waals surface area contributed by atoms with Gasteiger partial charge in [-0.15, -0.1) is 11.8 Å². The average molecular weight is 348 g/mol. The summed E-state index contributed by atoms with van der Waals surface area (Å²) in [5.41, 5.74) is 2.63. The highest BCUT2D eigenvalue weighted by atomic mass is 32.2. The van der Waals surface area contributed by atoms with E-state index in [1.54, 1.807) is 36.0 Å². The number of nitrogens with one attached hydrogen (secondary N) is 1. The number of thioether (sulfide) groups is 1. The second-order valence-electron chi connectivity index (χ2n) is 5.05. The zero-order chi connectivity index (χ0) is 16.9. The van der Waals surface area contributed by atoms with Crippen molar-refractivity contribution in [2.24, 2.45) is 5.10 Å². The average Bonchev–Trinajstić information content (AvgIpc) is 2.56. The van der Waals surface area contributed by atoms with Gasteiger partial charge in [-0.2, -0.15) is 18.4 Å². The van der Waals surface area contributed by atoms with Gasteiger partial charge in [-0.1, -0.05) is 36.8 Å². The third kappa shape index (κ3) is 4.59. The number of aryl methyl sites for hydroxylation is 1. The highest BCUT2D eigenvalue weighted by Crippen LogP contribution is 2.16. The van der Waals surface area contributed by atoms with Crippen LogP contribution in [0.1, 0.15) is 24.5 Å². The molecule has 122 valence electrons. The maximum absolute atomic E-state index is 12.3. The monoisotopic (exact) mass is 348 g/mol. The topological polar surface area (TPSA) is 58.5 Å². The number of hydrazone groups is 1. The number of hydrogen-bond acceptors (Lipinski definition) is 4. The molecule has 0 aliphatic rings. The quantitative estimate of drug-likeness (QED) is 0.491. The lowest BCUT2D eigenvalue weighted by Crippen LogP contribution is -2.20. The molecule has 6 heteroatoms. The molecule has 2 rings (SSSR count). The Hall–Kier alpha value is -1.79. The summed E-state index contributed by atoms with van der Waals surface area (Å²) >= 11 is 1.66. The first-order chi connectivity index (χ1) is 11.0. The minimum atomic E-state index is -3.64. The molecule has 0 aromatic heterocycles. The molecule has 2 aromatic rings. The summed E-state index contributed by atoms with van der Waals surface area (Å²) in [5, 5.41) is 4.11. The van der Waals surface area contributed by atoms with Crippen molar-refractivity contribution in [2.75, 3.05) is 6.26 Å². The largest absolute Gasteiger partial charge is 0.276 e. The predicted octanol–water partition coefficient (Wildman–Crippen LogP) is 3.81. The lowest BCUT2D eigenvalue weighted by Gasteiger charge is -2.08. The van der Waals surface area contributed by atoms with Gasteiger partial charge < -0.3 is 0 Å². The molecule has 23 heavy (non-hydrogen) atoms.